The minimum atomic E-state index is 0.783. The molecule has 1 aliphatic heterocycles. The molecule has 0 aliphatic carbocycles. The van der Waals surface area contributed by atoms with E-state index in [0.29, 0.717) is 0 Å². The number of nitrogens with zero attached hydrogens (tertiary/aromatic N) is 3. The van der Waals surface area contributed by atoms with Gasteiger partial charge in [0.1, 0.15) is 0 Å². The summed E-state index contributed by atoms with van der Waals surface area (Å²) in [6.07, 6.45) is 3.33. The van der Waals surface area contributed by atoms with Gasteiger partial charge in [-0.25, -0.2) is 0 Å². The van der Waals surface area contributed by atoms with Crippen LogP contribution in [0.15, 0.2) is 12.3 Å². The number of aryl methyl sites for hydroxylation is 1. The third-order valence-electron chi connectivity index (χ3n) is 4.10. The van der Waals surface area contributed by atoms with E-state index in [4.69, 9.17) is 0 Å². The summed E-state index contributed by atoms with van der Waals surface area (Å²) < 4.78 is 0. The van der Waals surface area contributed by atoms with E-state index in [1.807, 2.05) is 6.20 Å². The summed E-state index contributed by atoms with van der Waals surface area (Å²) in [5.74, 6) is 0.783. The highest BCUT2D eigenvalue weighted by molar-refractivity contribution is 5.53. The molecule has 2 rings (SSSR count). The van der Waals surface area contributed by atoms with Crippen molar-refractivity contribution in [3.8, 4) is 0 Å². The smallest absolute Gasteiger partial charge is 0.0443 e. The summed E-state index contributed by atoms with van der Waals surface area (Å²) in [7, 11) is 4.43. The number of hydrogen-bond donors (Lipinski definition) is 1. The number of hydrogen-bond acceptors (Lipinski definition) is 4. The van der Waals surface area contributed by atoms with E-state index in [1.165, 1.54) is 30.8 Å². The van der Waals surface area contributed by atoms with Gasteiger partial charge in [-0.1, -0.05) is 6.92 Å². The van der Waals surface area contributed by atoms with Crippen LogP contribution in [0.1, 0.15) is 24.6 Å². The Kier molecular flexibility index (Phi) is 5.38. The molecule has 0 saturated carbocycles. The molecule has 0 amide bonds. The van der Waals surface area contributed by atoms with Crippen LogP contribution < -0.4 is 10.2 Å². The monoisotopic (exact) mass is 276 g/mol. The molecule has 0 aromatic carbocycles. The summed E-state index contributed by atoms with van der Waals surface area (Å²) >= 11 is 0. The van der Waals surface area contributed by atoms with Gasteiger partial charge in [-0.3, -0.25) is 4.98 Å². The van der Waals surface area contributed by atoms with Crippen LogP contribution in [0.2, 0.25) is 0 Å². The zero-order valence-corrected chi connectivity index (χ0v) is 13.3. The molecule has 0 bridgehead atoms. The first-order valence-electron chi connectivity index (χ1n) is 7.66. The number of rotatable bonds is 6. The quantitative estimate of drug-likeness (QED) is 0.860. The van der Waals surface area contributed by atoms with Crippen LogP contribution >= 0.6 is 0 Å². The SMILES string of the molecule is CCNCc1cnc(C)cc1N(C)CC1CCN(C)C1. The highest BCUT2D eigenvalue weighted by atomic mass is 15.2. The topological polar surface area (TPSA) is 31.4 Å². The van der Waals surface area contributed by atoms with E-state index >= 15 is 0 Å². The highest BCUT2D eigenvalue weighted by Crippen LogP contribution is 2.23. The number of nitrogens with one attached hydrogen (secondary N) is 1. The van der Waals surface area contributed by atoms with Crippen molar-refractivity contribution in [2.45, 2.75) is 26.8 Å². The fraction of sp³-hybridized carbons (Fsp3) is 0.688. The fourth-order valence-corrected chi connectivity index (χ4v) is 2.99. The van der Waals surface area contributed by atoms with Crippen molar-refractivity contribution in [3.05, 3.63) is 23.5 Å². The third kappa shape index (κ3) is 3.93. The number of pyridine rings is 1. The summed E-state index contributed by atoms with van der Waals surface area (Å²) in [4.78, 5) is 9.28. The average molecular weight is 276 g/mol. The molecule has 4 heteroatoms. The van der Waals surface area contributed by atoms with Crippen LogP contribution in [-0.2, 0) is 6.54 Å². The van der Waals surface area contributed by atoms with Gasteiger partial charge in [-0.2, -0.15) is 0 Å². The Morgan fingerprint density at radius 1 is 1.50 bits per heavy atom. The first kappa shape index (κ1) is 15.3. The summed E-state index contributed by atoms with van der Waals surface area (Å²) in [6.45, 7) is 9.68. The molecule has 1 atom stereocenters. The van der Waals surface area contributed by atoms with Crippen molar-refractivity contribution in [2.24, 2.45) is 5.92 Å². The van der Waals surface area contributed by atoms with Crippen LogP contribution in [-0.4, -0.2) is 50.2 Å². The number of anilines is 1. The highest BCUT2D eigenvalue weighted by Gasteiger charge is 2.21. The molecule has 2 heterocycles. The Morgan fingerprint density at radius 3 is 2.95 bits per heavy atom. The first-order valence-corrected chi connectivity index (χ1v) is 7.66. The molecule has 1 aromatic heterocycles. The molecule has 1 fully saturated rings. The van der Waals surface area contributed by atoms with Gasteiger partial charge in [-0.05, 0) is 45.5 Å². The second kappa shape index (κ2) is 7.04. The maximum absolute atomic E-state index is 4.44. The maximum atomic E-state index is 4.44. The lowest BCUT2D eigenvalue weighted by atomic mass is 10.1. The molecule has 1 aliphatic rings. The summed E-state index contributed by atoms with van der Waals surface area (Å²) in [5.41, 5.74) is 3.72. The minimum absolute atomic E-state index is 0.783. The molecular formula is C16H28N4. The van der Waals surface area contributed by atoms with E-state index in [0.717, 1.165) is 31.2 Å². The van der Waals surface area contributed by atoms with E-state index in [9.17, 15) is 0 Å². The van der Waals surface area contributed by atoms with Gasteiger partial charge < -0.3 is 15.1 Å². The van der Waals surface area contributed by atoms with Gasteiger partial charge in [0.15, 0.2) is 0 Å². The molecular weight excluding hydrogens is 248 g/mol. The van der Waals surface area contributed by atoms with Crippen molar-refractivity contribution in [3.63, 3.8) is 0 Å². The lowest BCUT2D eigenvalue weighted by Gasteiger charge is -2.26. The predicted molar refractivity (Wildman–Crippen MR) is 85.2 cm³/mol. The molecule has 1 saturated heterocycles. The molecule has 0 radical (unpaired) electrons. The molecule has 1 unspecified atom stereocenters. The minimum Gasteiger partial charge on any atom is -0.374 e. The van der Waals surface area contributed by atoms with Gasteiger partial charge in [0.2, 0.25) is 0 Å². The van der Waals surface area contributed by atoms with Crippen LogP contribution in [0.5, 0.6) is 0 Å². The van der Waals surface area contributed by atoms with Crippen LogP contribution in [0.3, 0.4) is 0 Å². The normalized spacial score (nSPS) is 19.5. The average Bonchev–Trinajstić information content (AvgIpc) is 2.82. The van der Waals surface area contributed by atoms with Crippen molar-refractivity contribution in [1.29, 1.82) is 0 Å². The van der Waals surface area contributed by atoms with Crippen molar-refractivity contribution < 1.29 is 0 Å². The Balaban J connectivity index is 2.06. The standard InChI is InChI=1S/C16H28N4/c1-5-17-9-15-10-18-13(2)8-16(15)20(4)12-14-6-7-19(3)11-14/h8,10,14,17H,5-7,9,11-12H2,1-4H3. The molecule has 4 nitrogen and oxygen atoms in total. The Bertz CT molecular complexity index is 432. The molecule has 1 N–H and O–H groups in total. The van der Waals surface area contributed by atoms with Crippen molar-refractivity contribution >= 4 is 5.69 Å². The van der Waals surface area contributed by atoms with Crippen LogP contribution in [0, 0.1) is 12.8 Å². The zero-order valence-electron chi connectivity index (χ0n) is 13.3. The lowest BCUT2D eigenvalue weighted by Crippen LogP contribution is -2.28. The van der Waals surface area contributed by atoms with Crippen molar-refractivity contribution in [1.82, 2.24) is 15.2 Å². The first-order chi connectivity index (χ1) is 9.60. The van der Waals surface area contributed by atoms with Crippen LogP contribution in [0.4, 0.5) is 5.69 Å². The van der Waals surface area contributed by atoms with E-state index in [-0.39, 0.29) is 0 Å². The van der Waals surface area contributed by atoms with Gasteiger partial charge >= 0.3 is 0 Å². The Labute approximate surface area is 123 Å². The Morgan fingerprint density at radius 2 is 2.30 bits per heavy atom. The number of aromatic nitrogens is 1. The van der Waals surface area contributed by atoms with Gasteiger partial charge in [0.25, 0.3) is 0 Å². The largest absolute Gasteiger partial charge is 0.374 e. The predicted octanol–water partition coefficient (Wildman–Crippen LogP) is 1.89. The summed E-state index contributed by atoms with van der Waals surface area (Å²) in [6, 6.07) is 2.21. The molecule has 112 valence electrons. The number of likely N-dealkylation sites (tertiary alicyclic amines) is 1. The fourth-order valence-electron chi connectivity index (χ4n) is 2.99. The van der Waals surface area contributed by atoms with Crippen molar-refractivity contribution in [2.75, 3.05) is 45.2 Å². The van der Waals surface area contributed by atoms with Gasteiger partial charge in [0, 0.05) is 49.8 Å². The van der Waals surface area contributed by atoms with Gasteiger partial charge in [0.05, 0.1) is 0 Å². The van der Waals surface area contributed by atoms with E-state index in [1.54, 1.807) is 0 Å². The van der Waals surface area contributed by atoms with E-state index < -0.39 is 0 Å². The second-order valence-electron chi connectivity index (χ2n) is 6.03. The lowest BCUT2D eigenvalue weighted by molar-refractivity contribution is 0.396. The third-order valence-corrected chi connectivity index (χ3v) is 4.10. The summed E-state index contributed by atoms with van der Waals surface area (Å²) in [5, 5.41) is 3.41. The molecule has 20 heavy (non-hydrogen) atoms. The van der Waals surface area contributed by atoms with E-state index in [2.05, 4.69) is 54.1 Å². The van der Waals surface area contributed by atoms with Gasteiger partial charge in [-0.15, -0.1) is 0 Å². The zero-order chi connectivity index (χ0) is 14.5. The Hall–Kier alpha value is -1.13. The maximum Gasteiger partial charge on any atom is 0.0443 e. The molecule has 0 spiro atoms. The van der Waals surface area contributed by atoms with Crippen LogP contribution in [0.25, 0.3) is 0 Å². The second-order valence-corrected chi connectivity index (χ2v) is 6.03. The molecule has 1 aromatic rings.